The predicted molar refractivity (Wildman–Crippen MR) is 79.0 cm³/mol. The zero-order valence-electron chi connectivity index (χ0n) is 12.0. The Morgan fingerprint density at radius 2 is 2.35 bits per heavy atom. The number of esters is 1. The maximum absolute atomic E-state index is 11.5. The lowest BCUT2D eigenvalue weighted by Gasteiger charge is -2.14. The van der Waals surface area contributed by atoms with E-state index in [0.29, 0.717) is 11.3 Å². The molecule has 20 heavy (non-hydrogen) atoms. The smallest absolute Gasteiger partial charge is 0.339 e. The minimum Gasteiger partial charge on any atom is -0.465 e. The number of nitrogens with zero attached hydrogens (tertiary/aromatic N) is 1. The molecule has 2 heterocycles. The van der Waals surface area contributed by atoms with Crippen LogP contribution in [0.3, 0.4) is 0 Å². The molecule has 0 bridgehead atoms. The number of carbonyl (C=O) groups excluding carboxylic acids is 1. The fourth-order valence-electron chi connectivity index (χ4n) is 2.23. The number of methoxy groups -OCH3 is 1. The van der Waals surface area contributed by atoms with Crippen LogP contribution in [0.5, 0.6) is 0 Å². The van der Waals surface area contributed by atoms with E-state index >= 15 is 0 Å². The van der Waals surface area contributed by atoms with E-state index in [2.05, 4.69) is 21.7 Å². The van der Waals surface area contributed by atoms with E-state index in [1.165, 1.54) is 12.7 Å². The highest BCUT2D eigenvalue weighted by Crippen LogP contribution is 2.13. The van der Waals surface area contributed by atoms with E-state index in [1.54, 1.807) is 6.07 Å². The third-order valence-corrected chi connectivity index (χ3v) is 3.40. The first-order valence-corrected chi connectivity index (χ1v) is 6.89. The van der Waals surface area contributed by atoms with E-state index in [0.717, 1.165) is 38.3 Å². The lowest BCUT2D eigenvalue weighted by molar-refractivity contribution is 0.0599. The van der Waals surface area contributed by atoms with Crippen molar-refractivity contribution in [1.82, 2.24) is 10.3 Å². The Hall–Kier alpha value is -1.88. The van der Waals surface area contributed by atoms with E-state index in [9.17, 15) is 4.79 Å². The molecule has 1 aliphatic heterocycles. The summed E-state index contributed by atoms with van der Waals surface area (Å²) in [6, 6.07) is 3.57. The number of hydrogen-bond acceptors (Lipinski definition) is 5. The number of pyridine rings is 1. The van der Waals surface area contributed by atoms with Gasteiger partial charge < -0.3 is 15.4 Å². The third-order valence-electron chi connectivity index (χ3n) is 3.40. The molecule has 0 saturated heterocycles. The standard InChI is InChI=1S/C15H21N3O2/c1-11-13(15(19)20-2)3-4-14(18-11)17-10-7-12-5-8-16-9-6-12/h3-5,16H,6-10H2,1-2H3,(H,17,18). The van der Waals surface area contributed by atoms with Gasteiger partial charge in [-0.15, -0.1) is 0 Å². The SMILES string of the molecule is COC(=O)c1ccc(NCCC2=CCNCC2)nc1C. The molecule has 108 valence electrons. The average Bonchev–Trinajstić information content (AvgIpc) is 2.48. The molecule has 0 aliphatic carbocycles. The lowest BCUT2D eigenvalue weighted by atomic mass is 10.1. The van der Waals surface area contributed by atoms with Gasteiger partial charge in [0.05, 0.1) is 18.4 Å². The summed E-state index contributed by atoms with van der Waals surface area (Å²) in [7, 11) is 1.38. The number of aromatic nitrogens is 1. The van der Waals surface area contributed by atoms with Crippen LogP contribution in [0, 0.1) is 6.92 Å². The van der Waals surface area contributed by atoms with E-state index in [-0.39, 0.29) is 5.97 Å². The molecule has 1 aromatic rings. The van der Waals surface area contributed by atoms with Crippen molar-refractivity contribution in [1.29, 1.82) is 0 Å². The highest BCUT2D eigenvalue weighted by atomic mass is 16.5. The maximum atomic E-state index is 11.5. The monoisotopic (exact) mass is 275 g/mol. The van der Waals surface area contributed by atoms with Gasteiger partial charge in [0.1, 0.15) is 5.82 Å². The average molecular weight is 275 g/mol. The lowest BCUT2D eigenvalue weighted by Crippen LogP contribution is -2.21. The van der Waals surface area contributed by atoms with Gasteiger partial charge in [-0.05, 0) is 38.4 Å². The third kappa shape index (κ3) is 3.81. The fraction of sp³-hybridized carbons (Fsp3) is 0.467. The predicted octanol–water partition coefficient (Wildman–Crippen LogP) is 1.90. The summed E-state index contributed by atoms with van der Waals surface area (Å²) in [6.45, 7) is 4.71. The van der Waals surface area contributed by atoms with Gasteiger partial charge in [0, 0.05) is 13.1 Å². The summed E-state index contributed by atoms with van der Waals surface area (Å²) in [5, 5.41) is 6.59. The van der Waals surface area contributed by atoms with Gasteiger partial charge in [-0.25, -0.2) is 9.78 Å². The summed E-state index contributed by atoms with van der Waals surface area (Å²) in [4.78, 5) is 15.9. The summed E-state index contributed by atoms with van der Waals surface area (Å²) in [5.41, 5.74) is 2.68. The first-order valence-electron chi connectivity index (χ1n) is 6.89. The molecule has 0 unspecified atom stereocenters. The molecule has 2 N–H and O–H groups in total. The van der Waals surface area contributed by atoms with Gasteiger partial charge in [0.15, 0.2) is 0 Å². The van der Waals surface area contributed by atoms with E-state index in [4.69, 9.17) is 4.74 Å². The van der Waals surface area contributed by atoms with Crippen LogP contribution in [-0.4, -0.2) is 37.7 Å². The van der Waals surface area contributed by atoms with Crippen molar-refractivity contribution in [2.75, 3.05) is 32.1 Å². The van der Waals surface area contributed by atoms with Crippen molar-refractivity contribution in [3.8, 4) is 0 Å². The molecule has 5 heteroatoms. The topological polar surface area (TPSA) is 63.2 Å². The molecule has 0 radical (unpaired) electrons. The van der Waals surface area contributed by atoms with Crippen LogP contribution in [0.2, 0.25) is 0 Å². The van der Waals surface area contributed by atoms with Crippen molar-refractivity contribution in [3.63, 3.8) is 0 Å². The molecule has 0 aromatic carbocycles. The summed E-state index contributed by atoms with van der Waals surface area (Å²) in [6.07, 6.45) is 4.40. The van der Waals surface area contributed by atoms with Crippen LogP contribution in [0.25, 0.3) is 0 Å². The van der Waals surface area contributed by atoms with E-state index < -0.39 is 0 Å². The molecule has 0 saturated carbocycles. The minimum atomic E-state index is -0.346. The maximum Gasteiger partial charge on any atom is 0.339 e. The van der Waals surface area contributed by atoms with E-state index in [1.807, 2.05) is 13.0 Å². The van der Waals surface area contributed by atoms with Crippen LogP contribution < -0.4 is 10.6 Å². The molecular weight excluding hydrogens is 254 g/mol. The van der Waals surface area contributed by atoms with Crippen LogP contribution in [0.1, 0.15) is 28.9 Å². The second-order valence-corrected chi connectivity index (χ2v) is 4.81. The zero-order valence-corrected chi connectivity index (χ0v) is 12.0. The summed E-state index contributed by atoms with van der Waals surface area (Å²) < 4.78 is 4.70. The number of ether oxygens (including phenoxy) is 1. The molecule has 2 rings (SSSR count). The highest BCUT2D eigenvalue weighted by molar-refractivity contribution is 5.90. The Bertz CT molecular complexity index is 512. The van der Waals surface area contributed by atoms with Gasteiger partial charge in [-0.1, -0.05) is 11.6 Å². The van der Waals surface area contributed by atoms with Gasteiger partial charge in [-0.3, -0.25) is 0 Å². The Morgan fingerprint density at radius 1 is 1.50 bits per heavy atom. The van der Waals surface area contributed by atoms with Crippen molar-refractivity contribution in [3.05, 3.63) is 35.0 Å². The first kappa shape index (κ1) is 14.5. The minimum absolute atomic E-state index is 0.346. The van der Waals surface area contributed by atoms with Crippen molar-refractivity contribution < 1.29 is 9.53 Å². The number of rotatable bonds is 5. The summed E-state index contributed by atoms with van der Waals surface area (Å²) in [5.74, 6) is 0.450. The fourth-order valence-corrected chi connectivity index (χ4v) is 2.23. The molecule has 0 fully saturated rings. The largest absolute Gasteiger partial charge is 0.465 e. The van der Waals surface area contributed by atoms with Gasteiger partial charge in [0.25, 0.3) is 0 Å². The Morgan fingerprint density at radius 3 is 3.00 bits per heavy atom. The number of nitrogens with one attached hydrogen (secondary N) is 2. The molecule has 5 nitrogen and oxygen atoms in total. The number of hydrogen-bond donors (Lipinski definition) is 2. The molecular formula is C15H21N3O2. The van der Waals surface area contributed by atoms with Crippen molar-refractivity contribution in [2.45, 2.75) is 19.8 Å². The van der Waals surface area contributed by atoms with Gasteiger partial charge in [-0.2, -0.15) is 0 Å². The Kier molecular flexibility index (Phi) is 5.12. The second kappa shape index (κ2) is 7.05. The molecule has 0 atom stereocenters. The number of anilines is 1. The highest BCUT2D eigenvalue weighted by Gasteiger charge is 2.10. The van der Waals surface area contributed by atoms with Crippen LogP contribution in [0.15, 0.2) is 23.8 Å². The van der Waals surface area contributed by atoms with Crippen LogP contribution >= 0.6 is 0 Å². The molecule has 1 aromatic heterocycles. The molecule has 0 spiro atoms. The van der Waals surface area contributed by atoms with Gasteiger partial charge in [0.2, 0.25) is 0 Å². The molecule has 1 aliphatic rings. The van der Waals surface area contributed by atoms with Gasteiger partial charge >= 0.3 is 5.97 Å². The Labute approximate surface area is 119 Å². The van der Waals surface area contributed by atoms with Crippen LogP contribution in [-0.2, 0) is 4.74 Å². The number of aryl methyl sites for hydroxylation is 1. The van der Waals surface area contributed by atoms with Crippen molar-refractivity contribution in [2.24, 2.45) is 0 Å². The van der Waals surface area contributed by atoms with Crippen molar-refractivity contribution >= 4 is 11.8 Å². The Balaban J connectivity index is 1.88. The zero-order chi connectivity index (χ0) is 14.4. The first-order chi connectivity index (χ1) is 9.70. The molecule has 0 amide bonds. The summed E-state index contributed by atoms with van der Waals surface area (Å²) >= 11 is 0. The van der Waals surface area contributed by atoms with Crippen LogP contribution in [0.4, 0.5) is 5.82 Å². The second-order valence-electron chi connectivity index (χ2n) is 4.81. The normalized spacial score (nSPS) is 14.6. The number of carbonyl (C=O) groups is 1. The quantitative estimate of drug-likeness (QED) is 0.635.